The summed E-state index contributed by atoms with van der Waals surface area (Å²) in [5, 5.41) is 0. The number of hydrogen-bond acceptors (Lipinski definition) is 2. The van der Waals surface area contributed by atoms with E-state index in [1.165, 1.54) is 24.2 Å². The van der Waals surface area contributed by atoms with Gasteiger partial charge in [-0.1, -0.05) is 38.0 Å². The van der Waals surface area contributed by atoms with Crippen LogP contribution in [0.4, 0.5) is 0 Å². The third-order valence-corrected chi connectivity index (χ3v) is 4.99. The first kappa shape index (κ1) is 15.4. The molecule has 1 fully saturated rings. The number of thioether (sulfide) groups is 1. The fourth-order valence-corrected chi connectivity index (χ4v) is 3.71. The standard InChI is InChI=1S/C17H25NOS/c1-2-6-15-9-10-17(19)18(12-11-15)13-14-20-16-7-4-3-5-8-16/h3-5,7-8,15H,2,6,9-14H2,1H3. The van der Waals surface area contributed by atoms with Crippen LogP contribution < -0.4 is 0 Å². The molecule has 1 aromatic rings. The molecule has 1 heterocycles. The van der Waals surface area contributed by atoms with E-state index in [9.17, 15) is 4.79 Å². The lowest BCUT2D eigenvalue weighted by atomic mass is 9.96. The fraction of sp³-hybridized carbons (Fsp3) is 0.588. The number of carbonyl (C=O) groups excluding carboxylic acids is 1. The molecule has 1 amide bonds. The van der Waals surface area contributed by atoms with Crippen LogP contribution >= 0.6 is 11.8 Å². The zero-order valence-electron chi connectivity index (χ0n) is 12.4. The van der Waals surface area contributed by atoms with Crippen molar-refractivity contribution in [2.75, 3.05) is 18.8 Å². The van der Waals surface area contributed by atoms with Crippen molar-refractivity contribution in [3.63, 3.8) is 0 Å². The first-order chi connectivity index (χ1) is 9.79. The normalized spacial score (nSPS) is 19.9. The van der Waals surface area contributed by atoms with Crippen molar-refractivity contribution in [2.45, 2.75) is 43.9 Å². The molecule has 0 spiro atoms. The minimum atomic E-state index is 0.359. The summed E-state index contributed by atoms with van der Waals surface area (Å²) in [6.45, 7) is 4.08. The van der Waals surface area contributed by atoms with E-state index >= 15 is 0 Å². The third kappa shape index (κ3) is 4.86. The predicted octanol–water partition coefficient (Wildman–Crippen LogP) is 4.21. The largest absolute Gasteiger partial charge is 0.342 e. The van der Waals surface area contributed by atoms with Crippen molar-refractivity contribution < 1.29 is 4.79 Å². The zero-order chi connectivity index (χ0) is 14.2. The SMILES string of the molecule is CCCC1CCC(=O)N(CCSc2ccccc2)CC1. The van der Waals surface area contributed by atoms with Gasteiger partial charge in [0.1, 0.15) is 0 Å². The lowest BCUT2D eigenvalue weighted by Gasteiger charge is -2.20. The number of carbonyl (C=O) groups is 1. The Labute approximate surface area is 126 Å². The number of likely N-dealkylation sites (tertiary alicyclic amines) is 1. The summed E-state index contributed by atoms with van der Waals surface area (Å²) in [7, 11) is 0. The molecular formula is C17H25NOS. The summed E-state index contributed by atoms with van der Waals surface area (Å²) in [6, 6.07) is 10.4. The highest BCUT2D eigenvalue weighted by molar-refractivity contribution is 7.99. The Morgan fingerprint density at radius 2 is 2.05 bits per heavy atom. The molecule has 1 aliphatic rings. The molecule has 0 aliphatic carbocycles. The second kappa shape index (κ2) is 8.35. The highest BCUT2D eigenvalue weighted by Gasteiger charge is 2.21. The molecule has 3 heteroatoms. The Balaban J connectivity index is 1.75. The van der Waals surface area contributed by atoms with Gasteiger partial charge in [0.25, 0.3) is 0 Å². The highest BCUT2D eigenvalue weighted by atomic mass is 32.2. The van der Waals surface area contributed by atoms with Gasteiger partial charge < -0.3 is 4.90 Å². The number of amides is 1. The average molecular weight is 291 g/mol. The van der Waals surface area contributed by atoms with E-state index in [1.807, 2.05) is 17.8 Å². The molecule has 0 bridgehead atoms. The molecule has 1 saturated heterocycles. The highest BCUT2D eigenvalue weighted by Crippen LogP contribution is 2.23. The first-order valence-corrected chi connectivity index (χ1v) is 8.73. The second-order valence-electron chi connectivity index (χ2n) is 5.52. The summed E-state index contributed by atoms with van der Waals surface area (Å²) < 4.78 is 0. The Morgan fingerprint density at radius 1 is 1.25 bits per heavy atom. The first-order valence-electron chi connectivity index (χ1n) is 7.75. The number of nitrogens with zero attached hydrogens (tertiary/aromatic N) is 1. The van der Waals surface area contributed by atoms with Crippen LogP contribution in [0.25, 0.3) is 0 Å². The maximum Gasteiger partial charge on any atom is 0.222 e. The van der Waals surface area contributed by atoms with E-state index in [1.54, 1.807) is 0 Å². The Hall–Kier alpha value is -0.960. The van der Waals surface area contributed by atoms with Crippen LogP contribution in [0.5, 0.6) is 0 Å². The van der Waals surface area contributed by atoms with Crippen LogP contribution in [-0.4, -0.2) is 29.6 Å². The van der Waals surface area contributed by atoms with E-state index in [-0.39, 0.29) is 0 Å². The summed E-state index contributed by atoms with van der Waals surface area (Å²) in [5.74, 6) is 2.11. The Kier molecular flexibility index (Phi) is 6.44. The van der Waals surface area contributed by atoms with Crippen LogP contribution in [0.3, 0.4) is 0 Å². The molecule has 0 radical (unpaired) electrons. The number of rotatable bonds is 6. The molecule has 1 aliphatic heterocycles. The van der Waals surface area contributed by atoms with Gasteiger partial charge in [-0.2, -0.15) is 0 Å². The van der Waals surface area contributed by atoms with Crippen LogP contribution in [-0.2, 0) is 4.79 Å². The summed E-state index contributed by atoms with van der Waals surface area (Å²) in [4.78, 5) is 15.5. The lowest BCUT2D eigenvalue weighted by Crippen LogP contribution is -2.32. The van der Waals surface area contributed by atoms with Crippen molar-refractivity contribution >= 4 is 17.7 Å². The molecule has 1 unspecified atom stereocenters. The Morgan fingerprint density at radius 3 is 2.80 bits per heavy atom. The quantitative estimate of drug-likeness (QED) is 0.732. The summed E-state index contributed by atoms with van der Waals surface area (Å²) >= 11 is 1.84. The van der Waals surface area contributed by atoms with E-state index < -0.39 is 0 Å². The van der Waals surface area contributed by atoms with Crippen LogP contribution in [0.2, 0.25) is 0 Å². The van der Waals surface area contributed by atoms with Crippen molar-refractivity contribution in [1.29, 1.82) is 0 Å². The number of hydrogen-bond donors (Lipinski definition) is 0. The molecular weight excluding hydrogens is 266 g/mol. The Bertz CT molecular complexity index is 407. The fourth-order valence-electron chi connectivity index (χ4n) is 2.82. The van der Waals surface area contributed by atoms with Crippen molar-refractivity contribution in [3.8, 4) is 0 Å². The van der Waals surface area contributed by atoms with E-state index in [0.717, 1.165) is 37.6 Å². The predicted molar refractivity (Wildman–Crippen MR) is 86.0 cm³/mol. The maximum atomic E-state index is 12.1. The minimum Gasteiger partial charge on any atom is -0.342 e. The topological polar surface area (TPSA) is 20.3 Å². The van der Waals surface area contributed by atoms with Gasteiger partial charge in [-0.25, -0.2) is 0 Å². The molecule has 0 N–H and O–H groups in total. The molecule has 110 valence electrons. The van der Waals surface area contributed by atoms with Gasteiger partial charge in [0.05, 0.1) is 0 Å². The van der Waals surface area contributed by atoms with Crippen molar-refractivity contribution in [1.82, 2.24) is 4.90 Å². The van der Waals surface area contributed by atoms with Gasteiger partial charge in [0, 0.05) is 30.2 Å². The maximum absolute atomic E-state index is 12.1. The molecule has 20 heavy (non-hydrogen) atoms. The summed E-state index contributed by atoms with van der Waals surface area (Å²) in [6.07, 6.45) is 5.55. The van der Waals surface area contributed by atoms with Gasteiger partial charge in [0.2, 0.25) is 5.91 Å². The lowest BCUT2D eigenvalue weighted by molar-refractivity contribution is -0.130. The monoisotopic (exact) mass is 291 g/mol. The molecule has 0 saturated carbocycles. The molecule has 1 aromatic carbocycles. The van der Waals surface area contributed by atoms with Crippen LogP contribution in [0.15, 0.2) is 35.2 Å². The van der Waals surface area contributed by atoms with E-state index in [2.05, 4.69) is 36.1 Å². The van der Waals surface area contributed by atoms with Crippen molar-refractivity contribution in [3.05, 3.63) is 30.3 Å². The van der Waals surface area contributed by atoms with Crippen molar-refractivity contribution in [2.24, 2.45) is 5.92 Å². The average Bonchev–Trinajstić information content (AvgIpc) is 2.64. The molecule has 1 atom stereocenters. The van der Waals surface area contributed by atoms with Gasteiger partial charge in [0.15, 0.2) is 0 Å². The van der Waals surface area contributed by atoms with E-state index in [0.29, 0.717) is 5.91 Å². The van der Waals surface area contributed by atoms with Gasteiger partial charge in [-0.15, -0.1) is 11.8 Å². The van der Waals surface area contributed by atoms with Crippen LogP contribution in [0.1, 0.15) is 39.0 Å². The van der Waals surface area contributed by atoms with Gasteiger partial charge in [-0.3, -0.25) is 4.79 Å². The molecule has 2 rings (SSSR count). The van der Waals surface area contributed by atoms with Crippen LogP contribution in [0, 0.1) is 5.92 Å². The number of benzene rings is 1. The third-order valence-electron chi connectivity index (χ3n) is 4.00. The molecule has 0 aromatic heterocycles. The summed E-state index contributed by atoms with van der Waals surface area (Å²) in [5.41, 5.74) is 0. The van der Waals surface area contributed by atoms with Gasteiger partial charge in [-0.05, 0) is 30.9 Å². The second-order valence-corrected chi connectivity index (χ2v) is 6.69. The minimum absolute atomic E-state index is 0.359. The molecule has 2 nitrogen and oxygen atoms in total. The van der Waals surface area contributed by atoms with E-state index in [4.69, 9.17) is 0 Å². The smallest absolute Gasteiger partial charge is 0.222 e. The van der Waals surface area contributed by atoms with Gasteiger partial charge >= 0.3 is 0 Å². The zero-order valence-corrected chi connectivity index (χ0v) is 13.2.